The van der Waals surface area contributed by atoms with E-state index in [-0.39, 0.29) is 24.2 Å². The zero-order valence-electron chi connectivity index (χ0n) is 26.2. The van der Waals surface area contributed by atoms with Gasteiger partial charge in [-0.25, -0.2) is 9.78 Å². The van der Waals surface area contributed by atoms with Crippen molar-refractivity contribution in [3.8, 4) is 0 Å². The van der Waals surface area contributed by atoms with Gasteiger partial charge in [0, 0.05) is 57.4 Å². The van der Waals surface area contributed by atoms with E-state index in [0.717, 1.165) is 65.0 Å². The van der Waals surface area contributed by atoms with Crippen molar-refractivity contribution in [3.05, 3.63) is 95.3 Å². The number of imidazole rings is 1. The molecule has 240 valence electrons. The lowest BCUT2D eigenvalue weighted by Gasteiger charge is -2.33. The molecular weight excluding hydrogens is 582 g/mol. The molecule has 2 atom stereocenters. The Morgan fingerprint density at radius 1 is 1.04 bits per heavy atom. The molecule has 2 aliphatic heterocycles. The number of nitrogens with zero attached hydrogens (tertiary/aromatic N) is 4. The molecule has 2 N–H and O–H groups in total. The Balaban J connectivity index is 1.12. The molecule has 0 aliphatic carbocycles. The Labute approximate surface area is 269 Å². The zero-order valence-corrected chi connectivity index (χ0v) is 26.2. The first kappa shape index (κ1) is 31.3. The molecular formula is C36H41N5O5. The lowest BCUT2D eigenvalue weighted by atomic mass is 9.95. The SMILES string of the molecule is COCCCn1c([C@@H]2CCCN(C(=O)C[C@@H](Cc3ccc(N4Cc5ccccc5CC4=O)cc3)NC(=O)O)C2)nc2ccccc21. The average molecular weight is 624 g/mol. The number of hydrogen-bond donors (Lipinski definition) is 2. The summed E-state index contributed by atoms with van der Waals surface area (Å²) in [5.41, 5.74) is 5.93. The summed E-state index contributed by atoms with van der Waals surface area (Å²) in [5.74, 6) is 1.06. The van der Waals surface area contributed by atoms with E-state index < -0.39 is 12.1 Å². The predicted molar refractivity (Wildman–Crippen MR) is 176 cm³/mol. The van der Waals surface area contributed by atoms with E-state index in [9.17, 15) is 19.5 Å². The summed E-state index contributed by atoms with van der Waals surface area (Å²) >= 11 is 0. The molecule has 0 bridgehead atoms. The summed E-state index contributed by atoms with van der Waals surface area (Å²) in [6.45, 7) is 3.16. The van der Waals surface area contributed by atoms with Gasteiger partial charge >= 0.3 is 6.09 Å². The molecule has 1 aromatic heterocycles. The van der Waals surface area contributed by atoms with Crippen molar-refractivity contribution in [1.82, 2.24) is 19.8 Å². The van der Waals surface area contributed by atoms with Crippen LogP contribution < -0.4 is 10.2 Å². The molecule has 4 aromatic rings. The highest BCUT2D eigenvalue weighted by molar-refractivity contribution is 5.96. The third kappa shape index (κ3) is 7.07. The fraction of sp³-hybridized carbons (Fsp3) is 0.389. The number of benzene rings is 3. The van der Waals surface area contributed by atoms with E-state index in [1.165, 1.54) is 0 Å². The first-order valence-electron chi connectivity index (χ1n) is 16.1. The van der Waals surface area contributed by atoms with E-state index in [1.807, 2.05) is 71.6 Å². The van der Waals surface area contributed by atoms with Crippen LogP contribution in [0, 0.1) is 0 Å². The van der Waals surface area contributed by atoms with Gasteiger partial charge in [-0.2, -0.15) is 0 Å². The van der Waals surface area contributed by atoms with Crippen molar-refractivity contribution in [3.63, 3.8) is 0 Å². The Morgan fingerprint density at radius 3 is 2.59 bits per heavy atom. The molecule has 10 nitrogen and oxygen atoms in total. The summed E-state index contributed by atoms with van der Waals surface area (Å²) in [6.07, 6.45) is 2.29. The van der Waals surface area contributed by atoms with Crippen LogP contribution in [0.4, 0.5) is 10.5 Å². The summed E-state index contributed by atoms with van der Waals surface area (Å²) in [7, 11) is 1.70. The zero-order chi connectivity index (χ0) is 32.0. The fourth-order valence-electron chi connectivity index (χ4n) is 6.84. The highest BCUT2D eigenvalue weighted by atomic mass is 16.5. The first-order chi connectivity index (χ1) is 22.4. The van der Waals surface area contributed by atoms with Crippen LogP contribution in [0.15, 0.2) is 72.8 Å². The number of carbonyl (C=O) groups is 3. The summed E-state index contributed by atoms with van der Waals surface area (Å²) in [6, 6.07) is 23.1. The van der Waals surface area contributed by atoms with Gasteiger partial charge in [0.05, 0.1) is 24.0 Å². The first-order valence-corrected chi connectivity index (χ1v) is 16.1. The van der Waals surface area contributed by atoms with Crippen molar-refractivity contribution in [1.29, 1.82) is 0 Å². The molecule has 0 radical (unpaired) electrons. The number of anilines is 1. The second-order valence-corrected chi connectivity index (χ2v) is 12.3. The summed E-state index contributed by atoms with van der Waals surface area (Å²) in [4.78, 5) is 46.8. The van der Waals surface area contributed by atoms with Crippen molar-refractivity contribution >= 4 is 34.6 Å². The number of carboxylic acid groups (broad SMARTS) is 1. The quantitative estimate of drug-likeness (QED) is 0.224. The van der Waals surface area contributed by atoms with E-state index in [4.69, 9.17) is 9.72 Å². The topological polar surface area (TPSA) is 117 Å². The number of amides is 3. The molecule has 0 spiro atoms. The van der Waals surface area contributed by atoms with Gasteiger partial charge in [-0.15, -0.1) is 0 Å². The number of aromatic nitrogens is 2. The lowest BCUT2D eigenvalue weighted by molar-refractivity contribution is -0.133. The van der Waals surface area contributed by atoms with Gasteiger partial charge < -0.3 is 29.5 Å². The smallest absolute Gasteiger partial charge is 0.404 e. The average Bonchev–Trinajstić information content (AvgIpc) is 3.43. The summed E-state index contributed by atoms with van der Waals surface area (Å²) < 4.78 is 7.56. The molecule has 1 fully saturated rings. The van der Waals surface area contributed by atoms with Crippen molar-refractivity contribution < 1.29 is 24.2 Å². The summed E-state index contributed by atoms with van der Waals surface area (Å²) in [5, 5.41) is 12.2. The molecule has 3 aromatic carbocycles. The van der Waals surface area contributed by atoms with Crippen molar-refractivity contribution in [2.75, 3.05) is 31.7 Å². The van der Waals surface area contributed by atoms with E-state index >= 15 is 0 Å². The minimum absolute atomic E-state index is 0.0489. The van der Waals surface area contributed by atoms with Crippen LogP contribution in [0.25, 0.3) is 11.0 Å². The molecule has 0 saturated carbocycles. The highest BCUT2D eigenvalue weighted by Crippen LogP contribution is 2.31. The van der Waals surface area contributed by atoms with Gasteiger partial charge in [-0.3, -0.25) is 9.59 Å². The van der Waals surface area contributed by atoms with Crippen LogP contribution in [-0.4, -0.2) is 70.3 Å². The Kier molecular flexibility index (Phi) is 9.63. The maximum Gasteiger partial charge on any atom is 0.404 e. The standard InChI is InChI=1S/C36H41N5O5/c1-46-19-7-18-40-32-12-5-4-11-31(32)38-35(40)28-10-6-17-39(23-28)33(42)22-29(37-36(44)45)20-25-13-15-30(16-14-25)41-24-27-9-3-2-8-26(27)21-34(41)43/h2-5,8-9,11-16,28-29,37H,6-7,10,17-24H2,1H3,(H,44,45)/t28-,29-/m1/s1. The van der Waals surface area contributed by atoms with Gasteiger partial charge in [-0.1, -0.05) is 48.5 Å². The van der Waals surface area contributed by atoms with Crippen LogP contribution >= 0.6 is 0 Å². The van der Waals surface area contributed by atoms with Gasteiger partial charge in [-0.05, 0) is 66.6 Å². The molecule has 3 heterocycles. The van der Waals surface area contributed by atoms with Crippen molar-refractivity contribution in [2.24, 2.45) is 0 Å². The minimum atomic E-state index is -1.16. The van der Waals surface area contributed by atoms with Crippen LogP contribution in [0.3, 0.4) is 0 Å². The predicted octanol–water partition coefficient (Wildman–Crippen LogP) is 5.14. The number of hydrogen-bond acceptors (Lipinski definition) is 5. The third-order valence-corrected chi connectivity index (χ3v) is 9.12. The lowest BCUT2D eigenvalue weighted by Crippen LogP contribution is -2.44. The number of para-hydroxylation sites is 2. The highest BCUT2D eigenvalue weighted by Gasteiger charge is 2.30. The monoisotopic (exact) mass is 623 g/mol. The number of piperidine rings is 1. The number of rotatable bonds is 11. The Morgan fingerprint density at radius 2 is 1.80 bits per heavy atom. The number of carbonyl (C=O) groups excluding carboxylic acids is 2. The van der Waals surface area contributed by atoms with Crippen molar-refractivity contribution in [2.45, 2.75) is 63.6 Å². The number of ether oxygens (including phenoxy) is 1. The molecule has 6 rings (SSSR count). The number of likely N-dealkylation sites (tertiary alicyclic amines) is 1. The Hall–Kier alpha value is -4.70. The second-order valence-electron chi connectivity index (χ2n) is 12.3. The molecule has 1 saturated heterocycles. The number of fused-ring (bicyclic) bond motifs is 2. The van der Waals surface area contributed by atoms with Gasteiger partial charge in [0.25, 0.3) is 0 Å². The largest absolute Gasteiger partial charge is 0.465 e. The van der Waals surface area contributed by atoms with Crippen LogP contribution in [0.1, 0.15) is 54.1 Å². The maximum absolute atomic E-state index is 13.6. The second kappa shape index (κ2) is 14.2. The third-order valence-electron chi connectivity index (χ3n) is 9.12. The van der Waals surface area contributed by atoms with Gasteiger partial charge in [0.2, 0.25) is 11.8 Å². The molecule has 10 heteroatoms. The van der Waals surface area contributed by atoms with Gasteiger partial charge in [0.1, 0.15) is 5.82 Å². The van der Waals surface area contributed by atoms with E-state index in [1.54, 1.807) is 12.0 Å². The maximum atomic E-state index is 13.6. The minimum Gasteiger partial charge on any atom is -0.465 e. The number of aryl methyl sites for hydroxylation is 1. The fourth-order valence-corrected chi connectivity index (χ4v) is 6.84. The van der Waals surface area contributed by atoms with Gasteiger partial charge in [0.15, 0.2) is 0 Å². The van der Waals surface area contributed by atoms with Crippen LogP contribution in [0.5, 0.6) is 0 Å². The van der Waals surface area contributed by atoms with Crippen LogP contribution in [-0.2, 0) is 40.3 Å². The molecule has 2 aliphatic rings. The molecule has 46 heavy (non-hydrogen) atoms. The van der Waals surface area contributed by atoms with Crippen LogP contribution in [0.2, 0.25) is 0 Å². The normalized spacial score (nSPS) is 17.2. The van der Waals surface area contributed by atoms with E-state index in [0.29, 0.717) is 39.1 Å². The number of methoxy groups -OCH3 is 1. The molecule has 0 unspecified atom stereocenters. The Bertz CT molecular complexity index is 1700. The number of nitrogens with one attached hydrogen (secondary N) is 1. The van der Waals surface area contributed by atoms with E-state index in [2.05, 4.69) is 16.0 Å². The molecule has 3 amide bonds.